The molecular weight excluding hydrogens is 292 g/mol. The normalized spacial score (nSPS) is 11.7. The van der Waals surface area contributed by atoms with E-state index in [9.17, 15) is 13.2 Å². The topological polar surface area (TPSA) is 80.7 Å². The third kappa shape index (κ3) is 19.5. The number of hydrogen-bond acceptors (Lipinski definition) is 4. The van der Waals surface area contributed by atoms with Crippen molar-refractivity contribution in [2.45, 2.75) is 84.0 Å². The standard InChI is InChI=1S/C15H30O5S/c1-15(16)13-11-9-7-5-3-2-4-6-8-10-12-14-20-21(17,18)19/h2-14H2,1H3,(H,17,18,19). The number of carbonyl (C=O) groups excluding carboxylic acids is 1. The molecule has 0 aliphatic carbocycles. The molecule has 0 amide bonds. The van der Waals surface area contributed by atoms with Crippen molar-refractivity contribution in [2.24, 2.45) is 0 Å². The van der Waals surface area contributed by atoms with E-state index < -0.39 is 10.4 Å². The minimum atomic E-state index is -4.26. The summed E-state index contributed by atoms with van der Waals surface area (Å²) < 4.78 is 33.2. The van der Waals surface area contributed by atoms with Crippen LogP contribution in [0.5, 0.6) is 0 Å². The average molecular weight is 322 g/mol. The zero-order valence-corrected chi connectivity index (χ0v) is 14.0. The molecule has 0 saturated heterocycles. The van der Waals surface area contributed by atoms with Crippen LogP contribution in [-0.2, 0) is 19.4 Å². The van der Waals surface area contributed by atoms with Crippen LogP contribution in [0.3, 0.4) is 0 Å². The molecule has 0 aliphatic rings. The van der Waals surface area contributed by atoms with Gasteiger partial charge >= 0.3 is 10.4 Å². The highest BCUT2D eigenvalue weighted by molar-refractivity contribution is 7.80. The number of Topliss-reactive ketones (excluding diaryl/α,β-unsaturated/α-hetero) is 1. The van der Waals surface area contributed by atoms with Crippen molar-refractivity contribution in [3.63, 3.8) is 0 Å². The predicted molar refractivity (Wildman–Crippen MR) is 83.6 cm³/mol. The SMILES string of the molecule is CC(=O)CCCCCCCCCCCCCOS(=O)(=O)O. The Kier molecular flexibility index (Phi) is 12.9. The summed E-state index contributed by atoms with van der Waals surface area (Å²) in [6, 6.07) is 0. The molecule has 0 spiro atoms. The van der Waals surface area contributed by atoms with Crippen LogP contribution in [0.25, 0.3) is 0 Å². The van der Waals surface area contributed by atoms with Gasteiger partial charge in [0.15, 0.2) is 0 Å². The summed E-state index contributed by atoms with van der Waals surface area (Å²) in [7, 11) is -4.26. The van der Waals surface area contributed by atoms with Crippen molar-refractivity contribution >= 4 is 16.2 Å². The van der Waals surface area contributed by atoms with Gasteiger partial charge in [-0.25, -0.2) is 4.18 Å². The summed E-state index contributed by atoms with van der Waals surface area (Å²) in [4.78, 5) is 10.7. The van der Waals surface area contributed by atoms with Gasteiger partial charge in [0.2, 0.25) is 0 Å². The van der Waals surface area contributed by atoms with Crippen molar-refractivity contribution in [3.8, 4) is 0 Å². The van der Waals surface area contributed by atoms with Gasteiger partial charge in [-0.15, -0.1) is 0 Å². The molecule has 0 saturated carbocycles. The second-order valence-corrected chi connectivity index (χ2v) is 6.68. The Morgan fingerprint density at radius 3 is 1.57 bits per heavy atom. The summed E-state index contributed by atoms with van der Waals surface area (Å²) >= 11 is 0. The van der Waals surface area contributed by atoms with E-state index in [4.69, 9.17) is 4.55 Å². The minimum Gasteiger partial charge on any atom is -0.300 e. The van der Waals surface area contributed by atoms with E-state index >= 15 is 0 Å². The number of ketones is 1. The van der Waals surface area contributed by atoms with Crippen LogP contribution in [0.15, 0.2) is 0 Å². The van der Waals surface area contributed by atoms with Gasteiger partial charge in [-0.1, -0.05) is 57.8 Å². The van der Waals surface area contributed by atoms with Crippen molar-refractivity contribution in [3.05, 3.63) is 0 Å². The fourth-order valence-electron chi connectivity index (χ4n) is 2.23. The quantitative estimate of drug-likeness (QED) is 0.363. The first-order valence-corrected chi connectivity index (χ1v) is 9.39. The van der Waals surface area contributed by atoms with Crippen LogP contribution in [0.2, 0.25) is 0 Å². The number of carbonyl (C=O) groups is 1. The number of hydrogen-bond donors (Lipinski definition) is 1. The van der Waals surface area contributed by atoms with Gasteiger partial charge in [-0.2, -0.15) is 8.42 Å². The molecule has 0 rings (SSSR count). The van der Waals surface area contributed by atoms with Crippen molar-refractivity contribution in [2.75, 3.05) is 6.61 Å². The zero-order chi connectivity index (χ0) is 16.0. The van der Waals surface area contributed by atoms with Crippen LogP contribution < -0.4 is 0 Å². The largest absolute Gasteiger partial charge is 0.397 e. The number of rotatable bonds is 15. The first kappa shape index (κ1) is 20.5. The summed E-state index contributed by atoms with van der Waals surface area (Å²) in [5.41, 5.74) is 0. The van der Waals surface area contributed by atoms with Crippen LogP contribution in [0.1, 0.15) is 84.0 Å². The lowest BCUT2D eigenvalue weighted by atomic mass is 10.0. The Morgan fingerprint density at radius 2 is 1.19 bits per heavy atom. The fourth-order valence-corrected chi connectivity index (χ4v) is 2.56. The molecular formula is C15H30O5S. The second-order valence-electron chi connectivity index (χ2n) is 5.59. The van der Waals surface area contributed by atoms with Gasteiger partial charge < -0.3 is 4.79 Å². The molecule has 0 atom stereocenters. The molecule has 0 radical (unpaired) electrons. The van der Waals surface area contributed by atoms with E-state index in [1.54, 1.807) is 6.92 Å². The monoisotopic (exact) mass is 322 g/mol. The van der Waals surface area contributed by atoms with E-state index in [-0.39, 0.29) is 12.4 Å². The highest BCUT2D eigenvalue weighted by Crippen LogP contribution is 2.12. The third-order valence-corrected chi connectivity index (χ3v) is 3.87. The molecule has 0 bridgehead atoms. The van der Waals surface area contributed by atoms with Gasteiger partial charge in [-0.05, 0) is 19.8 Å². The van der Waals surface area contributed by atoms with E-state index in [0.29, 0.717) is 6.42 Å². The van der Waals surface area contributed by atoms with Gasteiger partial charge in [0, 0.05) is 6.42 Å². The van der Waals surface area contributed by atoms with E-state index in [1.165, 1.54) is 32.1 Å². The minimum absolute atomic E-state index is 0.0685. The maximum atomic E-state index is 10.7. The lowest BCUT2D eigenvalue weighted by Crippen LogP contribution is -2.04. The Bertz CT molecular complexity index is 351. The Morgan fingerprint density at radius 1 is 0.810 bits per heavy atom. The van der Waals surface area contributed by atoms with Crippen LogP contribution in [-0.4, -0.2) is 25.4 Å². The fraction of sp³-hybridized carbons (Fsp3) is 0.933. The Hall–Kier alpha value is -0.460. The number of unbranched alkanes of at least 4 members (excludes halogenated alkanes) is 10. The molecule has 0 fully saturated rings. The average Bonchev–Trinajstić information content (AvgIpc) is 2.37. The molecule has 0 aliphatic heterocycles. The van der Waals surface area contributed by atoms with Gasteiger partial charge in [0.05, 0.1) is 6.61 Å². The van der Waals surface area contributed by atoms with E-state index in [1.807, 2.05) is 0 Å². The molecule has 0 heterocycles. The Labute approximate surface area is 129 Å². The third-order valence-electron chi connectivity index (χ3n) is 3.41. The summed E-state index contributed by atoms with van der Waals surface area (Å²) in [5.74, 6) is 0.289. The lowest BCUT2D eigenvalue weighted by Gasteiger charge is -2.03. The highest BCUT2D eigenvalue weighted by Gasteiger charge is 2.02. The first-order valence-electron chi connectivity index (χ1n) is 8.03. The molecule has 5 nitrogen and oxygen atoms in total. The molecule has 0 unspecified atom stereocenters. The Balaban J connectivity index is 3.07. The molecule has 0 aromatic heterocycles. The maximum Gasteiger partial charge on any atom is 0.397 e. The smallest absolute Gasteiger partial charge is 0.300 e. The molecule has 126 valence electrons. The van der Waals surface area contributed by atoms with E-state index in [0.717, 1.165) is 38.5 Å². The maximum absolute atomic E-state index is 10.7. The van der Waals surface area contributed by atoms with Crippen LogP contribution in [0, 0.1) is 0 Å². The zero-order valence-electron chi connectivity index (χ0n) is 13.2. The summed E-state index contributed by atoms with van der Waals surface area (Å²) in [5, 5.41) is 0. The van der Waals surface area contributed by atoms with Crippen LogP contribution >= 0.6 is 0 Å². The van der Waals surface area contributed by atoms with Gasteiger partial charge in [0.1, 0.15) is 5.78 Å². The molecule has 0 aromatic carbocycles. The van der Waals surface area contributed by atoms with Crippen molar-refractivity contribution in [1.29, 1.82) is 0 Å². The molecule has 1 N–H and O–H groups in total. The first-order chi connectivity index (χ1) is 9.92. The summed E-state index contributed by atoms with van der Waals surface area (Å²) in [6.07, 6.45) is 12.9. The molecule has 21 heavy (non-hydrogen) atoms. The van der Waals surface area contributed by atoms with Crippen molar-refractivity contribution in [1.82, 2.24) is 0 Å². The highest BCUT2D eigenvalue weighted by atomic mass is 32.3. The predicted octanol–water partition coefficient (Wildman–Crippen LogP) is 4.08. The lowest BCUT2D eigenvalue weighted by molar-refractivity contribution is -0.117. The van der Waals surface area contributed by atoms with Crippen molar-refractivity contribution < 1.29 is 21.9 Å². The molecule has 0 aromatic rings. The van der Waals surface area contributed by atoms with Crippen LogP contribution in [0.4, 0.5) is 0 Å². The van der Waals surface area contributed by atoms with Gasteiger partial charge in [-0.3, -0.25) is 4.55 Å². The van der Waals surface area contributed by atoms with E-state index in [2.05, 4.69) is 4.18 Å². The second kappa shape index (κ2) is 13.2. The summed E-state index contributed by atoms with van der Waals surface area (Å²) in [6.45, 7) is 1.72. The molecule has 6 heteroatoms. The van der Waals surface area contributed by atoms with Gasteiger partial charge in [0.25, 0.3) is 0 Å².